The Morgan fingerprint density at radius 1 is 1.07 bits per heavy atom. The highest BCUT2D eigenvalue weighted by molar-refractivity contribution is 5.77. The Hall–Kier alpha value is -3.15. The van der Waals surface area contributed by atoms with Gasteiger partial charge in [0.05, 0.1) is 0 Å². The summed E-state index contributed by atoms with van der Waals surface area (Å²) in [5, 5.41) is 4.04. The predicted molar refractivity (Wildman–Crippen MR) is 115 cm³/mol. The molecular formula is C24H26FN3O2. The van der Waals surface area contributed by atoms with Gasteiger partial charge in [-0.15, -0.1) is 0 Å². The molecule has 5 nitrogen and oxygen atoms in total. The lowest BCUT2D eigenvalue weighted by molar-refractivity contribution is -0.131. The van der Waals surface area contributed by atoms with Gasteiger partial charge in [0, 0.05) is 49.4 Å². The fourth-order valence-electron chi connectivity index (χ4n) is 3.95. The zero-order valence-corrected chi connectivity index (χ0v) is 17.4. The zero-order valence-electron chi connectivity index (χ0n) is 17.4. The second-order valence-corrected chi connectivity index (χ2v) is 7.78. The van der Waals surface area contributed by atoms with E-state index in [-0.39, 0.29) is 11.7 Å². The van der Waals surface area contributed by atoms with E-state index in [0.717, 1.165) is 37.3 Å². The van der Waals surface area contributed by atoms with Crippen LogP contribution in [0.4, 0.5) is 10.1 Å². The average molecular weight is 407 g/mol. The van der Waals surface area contributed by atoms with Gasteiger partial charge in [-0.25, -0.2) is 4.39 Å². The van der Waals surface area contributed by atoms with E-state index in [4.69, 9.17) is 4.52 Å². The standard InChI is InChI=1S/C24H26FN3O2/c1-17-4-3-5-22(18(17)2)27-12-14-28(15-13-27)23(29)11-8-20-16-30-26-24(20)19-6-9-21(25)10-7-19/h3-7,9-10,16H,8,11-15H2,1-2H3. The molecule has 0 N–H and O–H groups in total. The van der Waals surface area contributed by atoms with Crippen LogP contribution in [0.2, 0.25) is 0 Å². The van der Waals surface area contributed by atoms with Gasteiger partial charge in [0.2, 0.25) is 5.91 Å². The highest BCUT2D eigenvalue weighted by atomic mass is 19.1. The van der Waals surface area contributed by atoms with Crippen LogP contribution in [0, 0.1) is 19.7 Å². The number of aromatic nitrogens is 1. The molecule has 0 saturated carbocycles. The molecule has 30 heavy (non-hydrogen) atoms. The topological polar surface area (TPSA) is 49.6 Å². The van der Waals surface area contributed by atoms with Crippen LogP contribution in [0.25, 0.3) is 11.3 Å². The number of piperazine rings is 1. The van der Waals surface area contributed by atoms with Crippen LogP contribution >= 0.6 is 0 Å². The second kappa shape index (κ2) is 8.69. The van der Waals surface area contributed by atoms with Crippen molar-refractivity contribution < 1.29 is 13.7 Å². The molecule has 2 aromatic carbocycles. The van der Waals surface area contributed by atoms with Crippen molar-refractivity contribution >= 4 is 11.6 Å². The van der Waals surface area contributed by atoms with Gasteiger partial charge in [0.25, 0.3) is 0 Å². The van der Waals surface area contributed by atoms with E-state index >= 15 is 0 Å². The summed E-state index contributed by atoms with van der Waals surface area (Å²) >= 11 is 0. The maximum absolute atomic E-state index is 13.2. The monoisotopic (exact) mass is 407 g/mol. The minimum absolute atomic E-state index is 0.141. The third kappa shape index (κ3) is 4.22. The van der Waals surface area contributed by atoms with Crippen LogP contribution in [0.15, 0.2) is 53.3 Å². The Balaban J connectivity index is 1.34. The van der Waals surface area contributed by atoms with Crippen LogP contribution in [0.3, 0.4) is 0 Å². The first-order chi connectivity index (χ1) is 14.5. The summed E-state index contributed by atoms with van der Waals surface area (Å²) in [6.45, 7) is 7.40. The third-order valence-corrected chi connectivity index (χ3v) is 5.92. The van der Waals surface area contributed by atoms with Crippen molar-refractivity contribution in [1.82, 2.24) is 10.1 Å². The highest BCUT2D eigenvalue weighted by Crippen LogP contribution is 2.25. The maximum Gasteiger partial charge on any atom is 0.223 e. The van der Waals surface area contributed by atoms with Crippen LogP contribution < -0.4 is 4.90 Å². The van der Waals surface area contributed by atoms with E-state index in [1.54, 1.807) is 18.4 Å². The van der Waals surface area contributed by atoms with Crippen molar-refractivity contribution in [1.29, 1.82) is 0 Å². The molecule has 0 spiro atoms. The average Bonchev–Trinajstić information content (AvgIpc) is 3.23. The molecule has 0 bridgehead atoms. The zero-order chi connectivity index (χ0) is 21.1. The van der Waals surface area contributed by atoms with Gasteiger partial charge >= 0.3 is 0 Å². The lowest BCUT2D eigenvalue weighted by Gasteiger charge is -2.37. The van der Waals surface area contributed by atoms with Crippen LogP contribution in [-0.2, 0) is 11.2 Å². The summed E-state index contributed by atoms with van der Waals surface area (Å²) in [5.41, 5.74) is 6.17. The van der Waals surface area contributed by atoms with Gasteiger partial charge in [-0.05, 0) is 61.7 Å². The van der Waals surface area contributed by atoms with Crippen molar-refractivity contribution in [3.8, 4) is 11.3 Å². The molecule has 1 aliphatic heterocycles. The molecule has 6 heteroatoms. The molecule has 0 unspecified atom stereocenters. The molecule has 1 aliphatic rings. The molecule has 156 valence electrons. The summed E-state index contributed by atoms with van der Waals surface area (Å²) in [7, 11) is 0. The van der Waals surface area contributed by atoms with Gasteiger partial charge in [-0.2, -0.15) is 0 Å². The Morgan fingerprint density at radius 3 is 2.53 bits per heavy atom. The first-order valence-electron chi connectivity index (χ1n) is 10.3. The summed E-state index contributed by atoms with van der Waals surface area (Å²) < 4.78 is 18.3. The van der Waals surface area contributed by atoms with Gasteiger partial charge < -0.3 is 14.3 Å². The van der Waals surface area contributed by atoms with Crippen LogP contribution in [0.1, 0.15) is 23.1 Å². The molecular weight excluding hydrogens is 381 g/mol. The quantitative estimate of drug-likeness (QED) is 0.630. The molecule has 2 heterocycles. The van der Waals surface area contributed by atoms with Gasteiger partial charge in [-0.3, -0.25) is 4.79 Å². The first-order valence-corrected chi connectivity index (χ1v) is 10.3. The fourth-order valence-corrected chi connectivity index (χ4v) is 3.95. The number of nitrogens with zero attached hydrogens (tertiary/aromatic N) is 3. The van der Waals surface area contributed by atoms with Crippen LogP contribution in [-0.4, -0.2) is 42.1 Å². The predicted octanol–water partition coefficient (Wildman–Crippen LogP) is 4.38. The lowest BCUT2D eigenvalue weighted by atomic mass is 10.0. The molecule has 1 amide bonds. The summed E-state index contributed by atoms with van der Waals surface area (Å²) in [5.74, 6) is -0.152. The van der Waals surface area contributed by atoms with Crippen molar-refractivity contribution in [2.45, 2.75) is 26.7 Å². The number of halogens is 1. The Labute approximate surface area is 176 Å². The number of anilines is 1. The minimum atomic E-state index is -0.293. The molecule has 0 atom stereocenters. The smallest absolute Gasteiger partial charge is 0.223 e. The van der Waals surface area contributed by atoms with E-state index in [1.807, 2.05) is 4.90 Å². The normalized spacial score (nSPS) is 14.2. The number of benzene rings is 2. The largest absolute Gasteiger partial charge is 0.368 e. The lowest BCUT2D eigenvalue weighted by Crippen LogP contribution is -2.49. The second-order valence-electron chi connectivity index (χ2n) is 7.78. The van der Waals surface area contributed by atoms with Crippen molar-refractivity contribution in [2.75, 3.05) is 31.1 Å². The van der Waals surface area contributed by atoms with Crippen molar-refractivity contribution in [2.24, 2.45) is 0 Å². The summed E-state index contributed by atoms with van der Waals surface area (Å²) in [4.78, 5) is 17.1. The van der Waals surface area contributed by atoms with E-state index in [1.165, 1.54) is 28.9 Å². The van der Waals surface area contributed by atoms with E-state index < -0.39 is 0 Å². The molecule has 1 saturated heterocycles. The van der Waals surface area contributed by atoms with Gasteiger partial charge in [0.1, 0.15) is 17.8 Å². The number of hydrogen-bond donors (Lipinski definition) is 0. The van der Waals surface area contributed by atoms with Crippen LogP contribution in [0.5, 0.6) is 0 Å². The number of aryl methyl sites for hydroxylation is 2. The minimum Gasteiger partial charge on any atom is -0.368 e. The van der Waals surface area contributed by atoms with Gasteiger partial charge in [0.15, 0.2) is 0 Å². The van der Waals surface area contributed by atoms with E-state index in [0.29, 0.717) is 18.5 Å². The number of carbonyl (C=O) groups excluding carboxylic acids is 1. The van der Waals surface area contributed by atoms with E-state index in [9.17, 15) is 9.18 Å². The number of amides is 1. The van der Waals surface area contributed by atoms with Crippen molar-refractivity contribution in [3.05, 3.63) is 71.2 Å². The number of carbonyl (C=O) groups is 1. The highest BCUT2D eigenvalue weighted by Gasteiger charge is 2.23. The Bertz CT molecular complexity index is 1020. The number of hydrogen-bond acceptors (Lipinski definition) is 4. The molecule has 0 aliphatic carbocycles. The fraction of sp³-hybridized carbons (Fsp3) is 0.333. The number of rotatable bonds is 5. The Kier molecular flexibility index (Phi) is 5.84. The first kappa shape index (κ1) is 20.1. The SMILES string of the molecule is Cc1cccc(N2CCN(C(=O)CCc3conc3-c3ccc(F)cc3)CC2)c1C. The Morgan fingerprint density at radius 2 is 1.80 bits per heavy atom. The maximum atomic E-state index is 13.2. The molecule has 4 rings (SSSR count). The van der Waals surface area contributed by atoms with E-state index in [2.05, 4.69) is 42.1 Å². The summed E-state index contributed by atoms with van der Waals surface area (Å²) in [6.07, 6.45) is 2.52. The van der Waals surface area contributed by atoms with Gasteiger partial charge in [-0.1, -0.05) is 17.3 Å². The molecule has 0 radical (unpaired) electrons. The molecule has 3 aromatic rings. The molecule has 1 fully saturated rings. The summed E-state index contributed by atoms with van der Waals surface area (Å²) in [6, 6.07) is 12.5. The molecule has 1 aromatic heterocycles. The third-order valence-electron chi connectivity index (χ3n) is 5.92. The van der Waals surface area contributed by atoms with Crippen molar-refractivity contribution in [3.63, 3.8) is 0 Å².